The lowest BCUT2D eigenvalue weighted by atomic mass is 10.1. The minimum absolute atomic E-state index is 0.125. The molecule has 5 nitrogen and oxygen atoms in total. The number of hydrogen-bond acceptors (Lipinski definition) is 5. The smallest absolute Gasteiger partial charge is 0.255 e. The predicted molar refractivity (Wildman–Crippen MR) is 119 cm³/mol. The van der Waals surface area contributed by atoms with Crippen LogP contribution in [0, 0.1) is 6.92 Å². The van der Waals surface area contributed by atoms with Crippen LogP contribution in [-0.2, 0) is 4.74 Å². The Bertz CT molecular complexity index is 989. The lowest BCUT2D eigenvalue weighted by Gasteiger charge is -2.36. The Hall–Kier alpha value is -2.70. The first-order valence-corrected chi connectivity index (χ1v) is 10.7. The summed E-state index contributed by atoms with van der Waals surface area (Å²) in [5.74, 6) is -0.125. The van der Waals surface area contributed by atoms with Crippen molar-refractivity contribution in [3.05, 3.63) is 64.5 Å². The molecule has 150 valence electrons. The molecule has 2 aromatic carbocycles. The third kappa shape index (κ3) is 4.66. The van der Waals surface area contributed by atoms with Gasteiger partial charge in [0, 0.05) is 41.0 Å². The molecule has 1 fully saturated rings. The molecule has 29 heavy (non-hydrogen) atoms. The van der Waals surface area contributed by atoms with Crippen LogP contribution in [0.5, 0.6) is 0 Å². The first kappa shape index (κ1) is 19.6. The number of rotatable bonds is 4. The van der Waals surface area contributed by atoms with Crippen molar-refractivity contribution in [2.45, 2.75) is 33.0 Å². The Balaban J connectivity index is 1.45. The van der Waals surface area contributed by atoms with Gasteiger partial charge in [-0.25, -0.2) is 4.98 Å². The zero-order valence-corrected chi connectivity index (χ0v) is 17.7. The average molecular weight is 408 g/mol. The highest BCUT2D eigenvalue weighted by Crippen LogP contribution is 2.24. The number of nitrogens with one attached hydrogen (secondary N) is 1. The van der Waals surface area contributed by atoms with Crippen LogP contribution in [0.15, 0.2) is 53.9 Å². The van der Waals surface area contributed by atoms with E-state index in [1.165, 1.54) is 0 Å². The van der Waals surface area contributed by atoms with Gasteiger partial charge < -0.3 is 15.0 Å². The van der Waals surface area contributed by atoms with E-state index in [0.717, 1.165) is 40.7 Å². The van der Waals surface area contributed by atoms with Crippen LogP contribution >= 0.6 is 11.3 Å². The highest BCUT2D eigenvalue weighted by molar-refractivity contribution is 7.09. The predicted octanol–water partition coefficient (Wildman–Crippen LogP) is 4.98. The summed E-state index contributed by atoms with van der Waals surface area (Å²) in [6.07, 6.45) is 0.429. The van der Waals surface area contributed by atoms with Gasteiger partial charge in [0.25, 0.3) is 5.91 Å². The van der Waals surface area contributed by atoms with Crippen molar-refractivity contribution in [3.8, 4) is 11.3 Å². The maximum absolute atomic E-state index is 12.7. The molecule has 0 aliphatic carbocycles. The molecule has 3 aromatic rings. The van der Waals surface area contributed by atoms with Crippen LogP contribution in [0.1, 0.15) is 29.2 Å². The third-order valence-electron chi connectivity index (χ3n) is 4.95. The van der Waals surface area contributed by atoms with Gasteiger partial charge in [0.2, 0.25) is 0 Å². The lowest BCUT2D eigenvalue weighted by molar-refractivity contribution is -0.00521. The number of aryl methyl sites for hydroxylation is 1. The van der Waals surface area contributed by atoms with Gasteiger partial charge in [0.05, 0.1) is 22.9 Å². The number of amides is 1. The number of carbonyl (C=O) groups is 1. The summed E-state index contributed by atoms with van der Waals surface area (Å²) >= 11 is 1.61. The van der Waals surface area contributed by atoms with E-state index >= 15 is 0 Å². The standard InChI is InChI=1S/C23H25N3O2S/c1-15-12-26(13-16(2)28-15)21-9-7-20(8-10-21)25-23(27)19-6-4-5-18(11-19)22-14-29-17(3)24-22/h4-11,14-16H,12-13H2,1-3H3,(H,25,27)/t15-,16?/m0/s1. The molecule has 0 bridgehead atoms. The number of ether oxygens (including phenoxy) is 1. The highest BCUT2D eigenvalue weighted by atomic mass is 32.1. The fraction of sp³-hybridized carbons (Fsp3) is 0.304. The van der Waals surface area contributed by atoms with Gasteiger partial charge >= 0.3 is 0 Å². The largest absolute Gasteiger partial charge is 0.372 e. The van der Waals surface area contributed by atoms with Gasteiger partial charge in [-0.3, -0.25) is 4.79 Å². The molecule has 1 amide bonds. The van der Waals surface area contributed by atoms with Crippen molar-refractivity contribution >= 4 is 28.6 Å². The molecule has 2 atom stereocenters. The Morgan fingerprint density at radius 2 is 1.86 bits per heavy atom. The monoisotopic (exact) mass is 407 g/mol. The van der Waals surface area contributed by atoms with Crippen LogP contribution in [0.2, 0.25) is 0 Å². The van der Waals surface area contributed by atoms with E-state index in [4.69, 9.17) is 4.74 Å². The van der Waals surface area contributed by atoms with Crippen LogP contribution in [0.3, 0.4) is 0 Å². The van der Waals surface area contributed by atoms with Gasteiger partial charge in [-0.15, -0.1) is 11.3 Å². The Kier molecular flexibility index (Phi) is 5.65. The normalized spacial score (nSPS) is 19.2. The van der Waals surface area contributed by atoms with Crippen molar-refractivity contribution in [2.24, 2.45) is 0 Å². The molecular weight excluding hydrogens is 382 g/mol. The minimum atomic E-state index is -0.125. The summed E-state index contributed by atoms with van der Waals surface area (Å²) in [5, 5.41) is 6.02. The first-order chi connectivity index (χ1) is 14.0. The van der Waals surface area contributed by atoms with E-state index in [9.17, 15) is 4.79 Å². The zero-order chi connectivity index (χ0) is 20.4. The minimum Gasteiger partial charge on any atom is -0.372 e. The highest BCUT2D eigenvalue weighted by Gasteiger charge is 2.22. The molecule has 4 rings (SSSR count). The Morgan fingerprint density at radius 3 is 2.52 bits per heavy atom. The number of nitrogens with zero attached hydrogens (tertiary/aromatic N) is 2. The van der Waals surface area contributed by atoms with Crippen molar-refractivity contribution in [2.75, 3.05) is 23.3 Å². The van der Waals surface area contributed by atoms with E-state index in [-0.39, 0.29) is 18.1 Å². The molecule has 0 saturated carbocycles. The van der Waals surface area contributed by atoms with E-state index in [0.29, 0.717) is 5.56 Å². The molecule has 2 heterocycles. The van der Waals surface area contributed by atoms with Crippen LogP contribution in [-0.4, -0.2) is 36.2 Å². The van der Waals surface area contributed by atoms with Gasteiger partial charge in [-0.1, -0.05) is 12.1 Å². The van der Waals surface area contributed by atoms with E-state index in [1.807, 2.05) is 48.7 Å². The topological polar surface area (TPSA) is 54.5 Å². The quantitative estimate of drug-likeness (QED) is 0.662. The number of anilines is 2. The third-order valence-corrected chi connectivity index (χ3v) is 5.72. The first-order valence-electron chi connectivity index (χ1n) is 9.82. The molecule has 6 heteroatoms. The molecular formula is C23H25N3O2S. The van der Waals surface area contributed by atoms with Gasteiger partial charge in [-0.05, 0) is 57.2 Å². The zero-order valence-electron chi connectivity index (χ0n) is 16.9. The Morgan fingerprint density at radius 1 is 1.14 bits per heavy atom. The van der Waals surface area contributed by atoms with Gasteiger partial charge in [0.1, 0.15) is 0 Å². The molecule has 1 aliphatic heterocycles. The number of benzene rings is 2. The molecule has 1 saturated heterocycles. The van der Waals surface area contributed by atoms with E-state index in [2.05, 4.69) is 41.2 Å². The number of aromatic nitrogens is 1. The number of hydrogen-bond donors (Lipinski definition) is 1. The van der Waals surface area contributed by atoms with Crippen molar-refractivity contribution < 1.29 is 9.53 Å². The summed E-state index contributed by atoms with van der Waals surface area (Å²) in [6.45, 7) is 7.92. The maximum atomic E-state index is 12.7. The fourth-order valence-electron chi connectivity index (χ4n) is 3.66. The summed E-state index contributed by atoms with van der Waals surface area (Å²) in [5.41, 5.74) is 4.40. The SMILES string of the molecule is Cc1nc(-c2cccc(C(=O)Nc3ccc(N4CC(C)O[C@@H](C)C4)cc3)c2)cs1. The lowest BCUT2D eigenvalue weighted by Crippen LogP contribution is -2.45. The van der Waals surface area contributed by atoms with Gasteiger partial charge in [0.15, 0.2) is 0 Å². The van der Waals surface area contributed by atoms with E-state index < -0.39 is 0 Å². The Labute approximate surface area is 175 Å². The van der Waals surface area contributed by atoms with Crippen molar-refractivity contribution in [1.29, 1.82) is 0 Å². The summed E-state index contributed by atoms with van der Waals surface area (Å²) in [6, 6.07) is 15.6. The van der Waals surface area contributed by atoms with Crippen molar-refractivity contribution in [3.63, 3.8) is 0 Å². The van der Waals surface area contributed by atoms with E-state index in [1.54, 1.807) is 11.3 Å². The van der Waals surface area contributed by atoms with Crippen LogP contribution < -0.4 is 10.2 Å². The van der Waals surface area contributed by atoms with Crippen LogP contribution in [0.25, 0.3) is 11.3 Å². The molecule has 1 N–H and O–H groups in total. The average Bonchev–Trinajstić information content (AvgIpc) is 3.14. The van der Waals surface area contributed by atoms with Gasteiger partial charge in [-0.2, -0.15) is 0 Å². The summed E-state index contributed by atoms with van der Waals surface area (Å²) in [7, 11) is 0. The molecule has 0 radical (unpaired) electrons. The molecule has 1 aromatic heterocycles. The molecule has 1 aliphatic rings. The van der Waals surface area contributed by atoms with Crippen molar-refractivity contribution in [1.82, 2.24) is 4.98 Å². The summed E-state index contributed by atoms with van der Waals surface area (Å²) < 4.78 is 5.80. The molecule has 1 unspecified atom stereocenters. The summed E-state index contributed by atoms with van der Waals surface area (Å²) in [4.78, 5) is 19.5. The second kappa shape index (κ2) is 8.35. The molecule has 0 spiro atoms. The second-order valence-corrected chi connectivity index (χ2v) is 8.56. The fourth-order valence-corrected chi connectivity index (χ4v) is 4.29. The second-order valence-electron chi connectivity index (χ2n) is 7.50. The maximum Gasteiger partial charge on any atom is 0.255 e. The van der Waals surface area contributed by atoms with Crippen LogP contribution in [0.4, 0.5) is 11.4 Å². The number of carbonyl (C=O) groups excluding carboxylic acids is 1. The number of morpholine rings is 1. The number of thiazole rings is 1.